The van der Waals surface area contributed by atoms with E-state index in [1.807, 2.05) is 24.3 Å². The number of rotatable bonds is 6. The Bertz CT molecular complexity index is 502. The number of methoxy groups -OCH3 is 1. The zero-order chi connectivity index (χ0) is 12.8. The molecule has 0 aliphatic heterocycles. The number of ether oxygens (including phenoxy) is 1. The molecule has 0 fully saturated rings. The molecule has 0 amide bonds. The Morgan fingerprint density at radius 1 is 1.44 bits per heavy atom. The molecular formula is C11H14IN5O. The van der Waals surface area contributed by atoms with Crippen LogP contribution >= 0.6 is 22.6 Å². The molecule has 2 aromatic rings. The highest BCUT2D eigenvalue weighted by atomic mass is 127. The minimum absolute atomic E-state index is 0.613. The van der Waals surface area contributed by atoms with Gasteiger partial charge in [-0.25, -0.2) is 0 Å². The molecule has 0 radical (unpaired) electrons. The van der Waals surface area contributed by atoms with Gasteiger partial charge >= 0.3 is 0 Å². The van der Waals surface area contributed by atoms with Crippen LogP contribution in [0.1, 0.15) is 5.82 Å². The standard InChI is InChI=1S/C11H14IN5O/c1-18-6-5-13-8-11-14-15-16-17(11)10-4-2-3-9(12)7-10/h2-4,7,13H,5-6,8H2,1H3. The van der Waals surface area contributed by atoms with Crippen molar-refractivity contribution in [1.29, 1.82) is 0 Å². The summed E-state index contributed by atoms with van der Waals surface area (Å²) in [5.41, 5.74) is 0.968. The summed E-state index contributed by atoms with van der Waals surface area (Å²) in [5.74, 6) is 0.785. The molecule has 1 aromatic heterocycles. The van der Waals surface area contributed by atoms with E-state index in [9.17, 15) is 0 Å². The predicted molar refractivity (Wildman–Crippen MR) is 75.5 cm³/mol. The van der Waals surface area contributed by atoms with Crippen molar-refractivity contribution in [3.63, 3.8) is 0 Å². The lowest BCUT2D eigenvalue weighted by atomic mass is 10.3. The van der Waals surface area contributed by atoms with Gasteiger partial charge in [-0.2, -0.15) is 4.68 Å². The Labute approximate surface area is 119 Å². The van der Waals surface area contributed by atoms with Gasteiger partial charge in [0.15, 0.2) is 5.82 Å². The predicted octanol–water partition coefficient (Wildman–Crippen LogP) is 1.00. The van der Waals surface area contributed by atoms with Gasteiger partial charge in [-0.15, -0.1) is 5.10 Å². The summed E-state index contributed by atoms with van der Waals surface area (Å²) in [7, 11) is 1.68. The fourth-order valence-electron chi connectivity index (χ4n) is 1.50. The molecule has 0 aliphatic rings. The number of aromatic nitrogens is 4. The molecule has 0 aliphatic carbocycles. The smallest absolute Gasteiger partial charge is 0.170 e. The van der Waals surface area contributed by atoms with Crippen molar-refractivity contribution in [2.24, 2.45) is 0 Å². The number of nitrogens with zero attached hydrogens (tertiary/aromatic N) is 4. The van der Waals surface area contributed by atoms with Crippen molar-refractivity contribution >= 4 is 22.6 Å². The molecular weight excluding hydrogens is 345 g/mol. The van der Waals surface area contributed by atoms with Crippen molar-refractivity contribution in [2.45, 2.75) is 6.54 Å². The normalized spacial score (nSPS) is 10.8. The van der Waals surface area contributed by atoms with Gasteiger partial charge in [0.1, 0.15) is 0 Å². The molecule has 6 nitrogen and oxygen atoms in total. The fraction of sp³-hybridized carbons (Fsp3) is 0.364. The van der Waals surface area contributed by atoms with E-state index in [4.69, 9.17) is 4.74 Å². The number of hydrogen-bond donors (Lipinski definition) is 1. The third kappa shape index (κ3) is 3.47. The molecule has 1 N–H and O–H groups in total. The third-order valence-corrected chi connectivity index (χ3v) is 3.02. The van der Waals surface area contributed by atoms with E-state index in [0.717, 1.165) is 21.6 Å². The maximum atomic E-state index is 4.97. The van der Waals surface area contributed by atoms with Crippen LogP contribution in [-0.2, 0) is 11.3 Å². The molecule has 1 heterocycles. The second kappa shape index (κ2) is 6.76. The number of tetrazole rings is 1. The minimum Gasteiger partial charge on any atom is -0.383 e. The minimum atomic E-state index is 0.613. The van der Waals surface area contributed by atoms with Crippen LogP contribution in [0, 0.1) is 3.57 Å². The molecule has 96 valence electrons. The van der Waals surface area contributed by atoms with Gasteiger partial charge in [-0.05, 0) is 51.2 Å². The SMILES string of the molecule is COCCNCc1nnnn1-c1cccc(I)c1. The Morgan fingerprint density at radius 2 is 2.33 bits per heavy atom. The van der Waals surface area contributed by atoms with E-state index < -0.39 is 0 Å². The fourth-order valence-corrected chi connectivity index (χ4v) is 2.03. The van der Waals surface area contributed by atoms with Crippen LogP contribution in [0.25, 0.3) is 5.69 Å². The van der Waals surface area contributed by atoms with Gasteiger partial charge in [0.25, 0.3) is 0 Å². The maximum Gasteiger partial charge on any atom is 0.170 e. The van der Waals surface area contributed by atoms with E-state index in [0.29, 0.717) is 13.2 Å². The second-order valence-electron chi connectivity index (χ2n) is 3.66. The van der Waals surface area contributed by atoms with E-state index in [1.165, 1.54) is 0 Å². The van der Waals surface area contributed by atoms with E-state index in [-0.39, 0.29) is 0 Å². The molecule has 0 saturated heterocycles. The van der Waals surface area contributed by atoms with Gasteiger partial charge in [-0.3, -0.25) is 0 Å². The van der Waals surface area contributed by atoms with Crippen LogP contribution in [-0.4, -0.2) is 40.5 Å². The Kier molecular flexibility index (Phi) is 5.02. The first-order valence-electron chi connectivity index (χ1n) is 5.54. The van der Waals surface area contributed by atoms with Crippen molar-refractivity contribution < 1.29 is 4.74 Å². The van der Waals surface area contributed by atoms with Crippen LogP contribution in [0.5, 0.6) is 0 Å². The highest BCUT2D eigenvalue weighted by molar-refractivity contribution is 14.1. The lowest BCUT2D eigenvalue weighted by molar-refractivity contribution is 0.199. The summed E-state index contributed by atoms with van der Waals surface area (Å²) in [6.07, 6.45) is 0. The summed E-state index contributed by atoms with van der Waals surface area (Å²) < 4.78 is 7.86. The molecule has 0 spiro atoms. The average Bonchev–Trinajstić information content (AvgIpc) is 2.83. The van der Waals surface area contributed by atoms with Crippen LogP contribution in [0.2, 0.25) is 0 Å². The molecule has 7 heteroatoms. The van der Waals surface area contributed by atoms with Crippen LogP contribution in [0.15, 0.2) is 24.3 Å². The maximum absolute atomic E-state index is 4.97. The van der Waals surface area contributed by atoms with Crippen molar-refractivity contribution in [2.75, 3.05) is 20.3 Å². The average molecular weight is 359 g/mol. The van der Waals surface area contributed by atoms with Gasteiger partial charge < -0.3 is 10.1 Å². The molecule has 2 rings (SSSR count). The van der Waals surface area contributed by atoms with Gasteiger partial charge in [-0.1, -0.05) is 6.07 Å². The number of nitrogens with one attached hydrogen (secondary N) is 1. The van der Waals surface area contributed by atoms with Crippen molar-refractivity contribution in [1.82, 2.24) is 25.5 Å². The summed E-state index contributed by atoms with van der Waals surface area (Å²) in [6.45, 7) is 2.06. The molecule has 0 atom stereocenters. The van der Waals surface area contributed by atoms with Crippen molar-refractivity contribution in [3.05, 3.63) is 33.7 Å². The summed E-state index contributed by atoms with van der Waals surface area (Å²) in [4.78, 5) is 0. The van der Waals surface area contributed by atoms with Crippen molar-refractivity contribution in [3.8, 4) is 5.69 Å². The zero-order valence-corrected chi connectivity index (χ0v) is 12.2. The zero-order valence-electron chi connectivity index (χ0n) is 10.0. The first kappa shape index (κ1) is 13.4. The molecule has 0 unspecified atom stereocenters. The summed E-state index contributed by atoms with van der Waals surface area (Å²) in [6, 6.07) is 8.04. The Morgan fingerprint density at radius 3 is 3.11 bits per heavy atom. The highest BCUT2D eigenvalue weighted by Crippen LogP contribution is 2.12. The van der Waals surface area contributed by atoms with Crippen LogP contribution in [0.4, 0.5) is 0 Å². The molecule has 0 bridgehead atoms. The molecule has 1 aromatic carbocycles. The topological polar surface area (TPSA) is 64.9 Å². The van der Waals surface area contributed by atoms with E-state index >= 15 is 0 Å². The third-order valence-electron chi connectivity index (χ3n) is 2.35. The monoisotopic (exact) mass is 359 g/mol. The lowest BCUT2D eigenvalue weighted by Gasteiger charge is -2.06. The van der Waals surface area contributed by atoms with Gasteiger partial charge in [0, 0.05) is 17.2 Å². The molecule has 18 heavy (non-hydrogen) atoms. The van der Waals surface area contributed by atoms with Gasteiger partial charge in [0.05, 0.1) is 18.8 Å². The van der Waals surface area contributed by atoms with E-state index in [2.05, 4.69) is 43.4 Å². The quantitative estimate of drug-likeness (QED) is 0.616. The number of benzene rings is 1. The Balaban J connectivity index is 2.08. The van der Waals surface area contributed by atoms with Gasteiger partial charge in [0.2, 0.25) is 0 Å². The largest absolute Gasteiger partial charge is 0.383 e. The summed E-state index contributed by atoms with van der Waals surface area (Å²) in [5, 5.41) is 15.0. The first-order chi connectivity index (χ1) is 8.81. The number of hydrogen-bond acceptors (Lipinski definition) is 5. The Hall–Kier alpha value is -1.06. The lowest BCUT2D eigenvalue weighted by Crippen LogP contribution is -2.21. The first-order valence-corrected chi connectivity index (χ1v) is 6.62. The van der Waals surface area contributed by atoms with Crippen LogP contribution < -0.4 is 5.32 Å². The highest BCUT2D eigenvalue weighted by Gasteiger charge is 2.07. The molecule has 0 saturated carbocycles. The van der Waals surface area contributed by atoms with Crippen LogP contribution in [0.3, 0.4) is 0 Å². The number of halogens is 1. The van der Waals surface area contributed by atoms with E-state index in [1.54, 1.807) is 11.8 Å². The summed E-state index contributed by atoms with van der Waals surface area (Å²) >= 11 is 2.27. The second-order valence-corrected chi connectivity index (χ2v) is 4.90.